The number of halogens is 2. The van der Waals surface area contributed by atoms with E-state index < -0.39 is 0 Å². The minimum absolute atomic E-state index is 0.0742. The Hall–Kier alpha value is -1.55. The predicted octanol–water partition coefficient (Wildman–Crippen LogP) is 2.33. The fourth-order valence-electron chi connectivity index (χ4n) is 1.04. The average Bonchev–Trinajstić information content (AvgIpc) is 2.19. The maximum atomic E-state index is 12.8. The van der Waals surface area contributed by atoms with Crippen molar-refractivity contribution in [2.24, 2.45) is 0 Å². The van der Waals surface area contributed by atoms with Gasteiger partial charge in [0.2, 0.25) is 5.28 Å². The van der Waals surface area contributed by atoms with Crippen LogP contribution in [0.5, 0.6) is 0 Å². The lowest BCUT2D eigenvalue weighted by Crippen LogP contribution is -1.90. The van der Waals surface area contributed by atoms with Crippen molar-refractivity contribution in [1.82, 2.24) is 15.2 Å². The van der Waals surface area contributed by atoms with E-state index >= 15 is 0 Å². The Bertz CT molecular complexity index is 444. The summed E-state index contributed by atoms with van der Waals surface area (Å²) in [6, 6.07) is 6.05. The van der Waals surface area contributed by atoms with E-state index in [0.29, 0.717) is 11.3 Å². The minimum atomic E-state index is -0.320. The molecule has 0 bridgehead atoms. The van der Waals surface area contributed by atoms with Gasteiger partial charge in [-0.15, -0.1) is 10.2 Å². The first kappa shape index (κ1) is 9.02. The SMILES string of the molecule is Fc1cccc(-c2cnc(Cl)nn2)c1. The fourth-order valence-corrected chi connectivity index (χ4v) is 1.13. The van der Waals surface area contributed by atoms with Crippen molar-refractivity contribution < 1.29 is 4.39 Å². The minimum Gasteiger partial charge on any atom is -0.223 e. The van der Waals surface area contributed by atoms with Crippen molar-refractivity contribution in [2.75, 3.05) is 0 Å². The third-order valence-corrected chi connectivity index (χ3v) is 1.83. The first-order valence-electron chi connectivity index (χ1n) is 3.87. The number of benzene rings is 1. The topological polar surface area (TPSA) is 38.7 Å². The molecule has 0 atom stereocenters. The number of hydrogen-bond acceptors (Lipinski definition) is 3. The van der Waals surface area contributed by atoms with Crippen LogP contribution in [0.4, 0.5) is 4.39 Å². The van der Waals surface area contributed by atoms with Crippen LogP contribution in [-0.2, 0) is 0 Å². The van der Waals surface area contributed by atoms with E-state index in [0.717, 1.165) is 0 Å². The lowest BCUT2D eigenvalue weighted by molar-refractivity contribution is 0.628. The summed E-state index contributed by atoms with van der Waals surface area (Å²) in [4.78, 5) is 3.75. The summed E-state index contributed by atoms with van der Waals surface area (Å²) in [6.07, 6.45) is 1.45. The van der Waals surface area contributed by atoms with Gasteiger partial charge in [0.15, 0.2) is 0 Å². The quantitative estimate of drug-likeness (QED) is 0.724. The smallest absolute Gasteiger partial charge is 0.223 e. The lowest BCUT2D eigenvalue weighted by Gasteiger charge is -1.98. The third kappa shape index (κ3) is 1.85. The molecule has 0 N–H and O–H groups in total. The summed E-state index contributed by atoms with van der Waals surface area (Å²) >= 11 is 5.47. The third-order valence-electron chi connectivity index (χ3n) is 1.65. The average molecular weight is 210 g/mol. The van der Waals surface area contributed by atoms with Crippen molar-refractivity contribution in [3.05, 3.63) is 41.6 Å². The standard InChI is InChI=1S/C9H5ClFN3/c10-9-12-5-8(13-14-9)6-2-1-3-7(11)4-6/h1-5H. The highest BCUT2D eigenvalue weighted by Gasteiger charge is 2.01. The highest BCUT2D eigenvalue weighted by molar-refractivity contribution is 6.28. The number of rotatable bonds is 1. The molecular weight excluding hydrogens is 205 g/mol. The molecule has 0 saturated carbocycles. The summed E-state index contributed by atoms with van der Waals surface area (Å²) in [5, 5.41) is 7.42. The summed E-state index contributed by atoms with van der Waals surface area (Å²) in [5.41, 5.74) is 1.12. The Balaban J connectivity index is 2.44. The Labute approximate surface area is 84.6 Å². The molecule has 14 heavy (non-hydrogen) atoms. The molecule has 0 unspecified atom stereocenters. The van der Waals surface area contributed by atoms with Crippen LogP contribution in [0, 0.1) is 5.82 Å². The van der Waals surface area contributed by atoms with E-state index in [-0.39, 0.29) is 11.1 Å². The van der Waals surface area contributed by atoms with E-state index in [1.165, 1.54) is 18.3 Å². The molecular formula is C9H5ClFN3. The molecule has 0 radical (unpaired) electrons. The van der Waals surface area contributed by atoms with Crippen molar-refractivity contribution in [2.45, 2.75) is 0 Å². The normalized spacial score (nSPS) is 10.1. The van der Waals surface area contributed by atoms with Gasteiger partial charge in [-0.3, -0.25) is 0 Å². The van der Waals surface area contributed by atoms with E-state index in [2.05, 4.69) is 15.2 Å². The van der Waals surface area contributed by atoms with Crippen LogP contribution < -0.4 is 0 Å². The molecule has 1 heterocycles. The van der Waals surface area contributed by atoms with Gasteiger partial charge in [0.05, 0.1) is 6.20 Å². The van der Waals surface area contributed by atoms with Crippen LogP contribution in [-0.4, -0.2) is 15.2 Å². The largest absolute Gasteiger partial charge is 0.242 e. The summed E-state index contributed by atoms with van der Waals surface area (Å²) < 4.78 is 12.8. The van der Waals surface area contributed by atoms with Gasteiger partial charge in [-0.1, -0.05) is 12.1 Å². The molecule has 0 aliphatic heterocycles. The molecule has 1 aromatic carbocycles. The van der Waals surface area contributed by atoms with Gasteiger partial charge in [0.25, 0.3) is 0 Å². The second-order valence-electron chi connectivity index (χ2n) is 2.62. The van der Waals surface area contributed by atoms with Crippen molar-refractivity contribution in [3.8, 4) is 11.3 Å². The first-order chi connectivity index (χ1) is 6.75. The highest BCUT2D eigenvalue weighted by Crippen LogP contribution is 2.16. The van der Waals surface area contributed by atoms with Gasteiger partial charge in [-0.05, 0) is 23.7 Å². The zero-order valence-electron chi connectivity index (χ0n) is 6.98. The molecule has 0 saturated heterocycles. The molecule has 5 heteroatoms. The molecule has 0 spiro atoms. The molecule has 3 nitrogen and oxygen atoms in total. The zero-order chi connectivity index (χ0) is 9.97. The van der Waals surface area contributed by atoms with Crippen LogP contribution in [0.3, 0.4) is 0 Å². The van der Waals surface area contributed by atoms with Gasteiger partial charge in [-0.25, -0.2) is 9.37 Å². The van der Waals surface area contributed by atoms with Gasteiger partial charge < -0.3 is 0 Å². The number of nitrogens with zero attached hydrogens (tertiary/aromatic N) is 3. The maximum Gasteiger partial charge on any atom is 0.242 e. The van der Waals surface area contributed by atoms with E-state index in [4.69, 9.17) is 11.6 Å². The second-order valence-corrected chi connectivity index (χ2v) is 2.96. The van der Waals surface area contributed by atoms with Gasteiger partial charge in [0.1, 0.15) is 11.5 Å². The van der Waals surface area contributed by atoms with Crippen LogP contribution >= 0.6 is 11.6 Å². The fraction of sp³-hybridized carbons (Fsp3) is 0. The van der Waals surface area contributed by atoms with E-state index in [9.17, 15) is 4.39 Å². The molecule has 2 aromatic rings. The van der Waals surface area contributed by atoms with Gasteiger partial charge >= 0.3 is 0 Å². The molecule has 1 aromatic heterocycles. The number of hydrogen-bond donors (Lipinski definition) is 0. The summed E-state index contributed by atoms with van der Waals surface area (Å²) in [6.45, 7) is 0. The molecule has 0 aliphatic rings. The summed E-state index contributed by atoms with van der Waals surface area (Å²) in [5.74, 6) is -0.320. The van der Waals surface area contributed by atoms with Gasteiger partial charge in [0, 0.05) is 5.56 Å². The molecule has 0 amide bonds. The number of aromatic nitrogens is 3. The summed E-state index contributed by atoms with van der Waals surface area (Å²) in [7, 11) is 0. The predicted molar refractivity (Wildman–Crippen MR) is 50.2 cm³/mol. The first-order valence-corrected chi connectivity index (χ1v) is 4.24. The van der Waals surface area contributed by atoms with Gasteiger partial charge in [-0.2, -0.15) is 0 Å². The Morgan fingerprint density at radius 3 is 2.71 bits per heavy atom. The van der Waals surface area contributed by atoms with Crippen molar-refractivity contribution >= 4 is 11.6 Å². The Morgan fingerprint density at radius 2 is 2.07 bits per heavy atom. The zero-order valence-corrected chi connectivity index (χ0v) is 7.74. The van der Waals surface area contributed by atoms with E-state index in [1.54, 1.807) is 12.1 Å². The highest BCUT2D eigenvalue weighted by atomic mass is 35.5. The monoisotopic (exact) mass is 209 g/mol. The molecule has 0 fully saturated rings. The van der Waals surface area contributed by atoms with Crippen LogP contribution in [0.2, 0.25) is 5.28 Å². The Kier molecular flexibility index (Phi) is 2.37. The Morgan fingerprint density at radius 1 is 1.21 bits per heavy atom. The van der Waals surface area contributed by atoms with Crippen molar-refractivity contribution in [3.63, 3.8) is 0 Å². The molecule has 70 valence electrons. The lowest BCUT2D eigenvalue weighted by atomic mass is 10.2. The van der Waals surface area contributed by atoms with E-state index in [1.807, 2.05) is 0 Å². The van der Waals surface area contributed by atoms with Crippen molar-refractivity contribution in [1.29, 1.82) is 0 Å². The molecule has 0 aliphatic carbocycles. The van der Waals surface area contributed by atoms with Crippen LogP contribution in [0.1, 0.15) is 0 Å². The molecule has 2 rings (SSSR count). The maximum absolute atomic E-state index is 12.8. The van der Waals surface area contributed by atoms with Crippen LogP contribution in [0.25, 0.3) is 11.3 Å². The second kappa shape index (κ2) is 3.67. The van der Waals surface area contributed by atoms with Crippen LogP contribution in [0.15, 0.2) is 30.5 Å².